The van der Waals surface area contributed by atoms with Crippen LogP contribution in [0.3, 0.4) is 0 Å². The molecule has 0 bridgehead atoms. The van der Waals surface area contributed by atoms with Crippen LogP contribution in [0.2, 0.25) is 0 Å². The summed E-state index contributed by atoms with van der Waals surface area (Å²) in [5.74, 6) is -1.32. The molecule has 0 saturated carbocycles. The van der Waals surface area contributed by atoms with Crippen LogP contribution in [0.15, 0.2) is 12.1 Å². The van der Waals surface area contributed by atoms with Crippen molar-refractivity contribution in [3.8, 4) is 0 Å². The van der Waals surface area contributed by atoms with Gasteiger partial charge in [0.2, 0.25) is 5.91 Å². The minimum absolute atomic E-state index is 0.0443. The summed E-state index contributed by atoms with van der Waals surface area (Å²) in [6.07, 6.45) is -0.223. The van der Waals surface area contributed by atoms with E-state index in [0.29, 0.717) is 11.4 Å². The van der Waals surface area contributed by atoms with Crippen LogP contribution < -0.4 is 11.1 Å². The third-order valence-corrected chi connectivity index (χ3v) is 3.75. The van der Waals surface area contributed by atoms with E-state index in [1.807, 2.05) is 6.07 Å². The van der Waals surface area contributed by atoms with Crippen LogP contribution in [0.1, 0.15) is 12.8 Å². The number of hydrogen-bond donors (Lipinski definition) is 3. The molecule has 0 saturated heterocycles. The maximum atomic E-state index is 11.4. The first-order valence-electron chi connectivity index (χ1n) is 4.66. The number of carbonyl (C=O) groups is 2. The number of carbonyl (C=O) groups excluding carboxylic acids is 1. The number of nitrogens with one attached hydrogen (secondary N) is 1. The fourth-order valence-electron chi connectivity index (χ4n) is 1.09. The first kappa shape index (κ1) is 14.5. The van der Waals surface area contributed by atoms with Gasteiger partial charge in [-0.15, -0.1) is 0 Å². The van der Waals surface area contributed by atoms with Gasteiger partial charge in [-0.1, -0.05) is 0 Å². The molecule has 1 rings (SSSR count). The van der Waals surface area contributed by atoms with E-state index in [0.717, 1.165) is 7.14 Å². The van der Waals surface area contributed by atoms with Crippen molar-refractivity contribution in [2.24, 2.45) is 0 Å². The van der Waals surface area contributed by atoms with Gasteiger partial charge in [-0.05, 0) is 57.3 Å². The molecule has 92 valence electrons. The van der Waals surface area contributed by atoms with Crippen molar-refractivity contribution >= 4 is 68.4 Å². The fraction of sp³-hybridized carbons (Fsp3) is 0.200. The van der Waals surface area contributed by atoms with E-state index in [1.165, 1.54) is 0 Å². The lowest BCUT2D eigenvalue weighted by atomic mass is 10.2. The fourth-order valence-corrected chi connectivity index (χ4v) is 2.76. The summed E-state index contributed by atoms with van der Waals surface area (Å²) in [5.41, 5.74) is 6.92. The van der Waals surface area contributed by atoms with Crippen molar-refractivity contribution in [1.82, 2.24) is 0 Å². The molecule has 7 heteroatoms. The molecule has 0 heterocycles. The van der Waals surface area contributed by atoms with Crippen molar-refractivity contribution < 1.29 is 14.7 Å². The minimum Gasteiger partial charge on any atom is -0.481 e. The molecule has 4 N–H and O–H groups in total. The van der Waals surface area contributed by atoms with Crippen LogP contribution >= 0.6 is 45.2 Å². The molecule has 0 atom stereocenters. The van der Waals surface area contributed by atoms with Crippen LogP contribution in [0, 0.1) is 7.14 Å². The van der Waals surface area contributed by atoms with Crippen molar-refractivity contribution in [1.29, 1.82) is 0 Å². The normalized spacial score (nSPS) is 10.0. The van der Waals surface area contributed by atoms with Crippen LogP contribution in [-0.4, -0.2) is 17.0 Å². The highest BCUT2D eigenvalue weighted by Crippen LogP contribution is 2.26. The SMILES string of the molecule is Nc1cc(NC(=O)CCC(=O)O)c(I)cc1I. The standard InChI is InChI=1S/C10H10I2N2O3/c11-5-3-6(12)8(4-7(5)13)14-9(15)1-2-10(16)17/h3-4H,1-2,13H2,(H,14,15)(H,16,17). The smallest absolute Gasteiger partial charge is 0.303 e. The summed E-state index contributed by atoms with van der Waals surface area (Å²) in [7, 11) is 0. The predicted octanol–water partition coefficient (Wildman–Crippen LogP) is 2.28. The molecule has 17 heavy (non-hydrogen) atoms. The monoisotopic (exact) mass is 460 g/mol. The quantitative estimate of drug-likeness (QED) is 0.475. The Morgan fingerprint density at radius 3 is 2.47 bits per heavy atom. The molecule has 0 aromatic heterocycles. The third kappa shape index (κ3) is 4.66. The molecule has 0 radical (unpaired) electrons. The van der Waals surface area contributed by atoms with Gasteiger partial charge in [-0.3, -0.25) is 9.59 Å². The maximum Gasteiger partial charge on any atom is 0.303 e. The Kier molecular flexibility index (Phi) is 5.43. The molecule has 0 fully saturated rings. The van der Waals surface area contributed by atoms with Gasteiger partial charge in [0, 0.05) is 19.2 Å². The van der Waals surface area contributed by atoms with Gasteiger partial charge in [-0.2, -0.15) is 0 Å². The van der Waals surface area contributed by atoms with Crippen molar-refractivity contribution in [3.05, 3.63) is 19.3 Å². The number of nitrogen functional groups attached to an aromatic ring is 1. The molecule has 0 unspecified atom stereocenters. The van der Waals surface area contributed by atoms with Crippen LogP contribution in [-0.2, 0) is 9.59 Å². The van der Waals surface area contributed by atoms with Gasteiger partial charge in [0.05, 0.1) is 12.1 Å². The largest absolute Gasteiger partial charge is 0.481 e. The summed E-state index contributed by atoms with van der Waals surface area (Å²) in [5, 5.41) is 11.1. The molecule has 0 aliphatic heterocycles. The van der Waals surface area contributed by atoms with E-state index in [-0.39, 0.29) is 18.7 Å². The van der Waals surface area contributed by atoms with E-state index < -0.39 is 5.97 Å². The van der Waals surface area contributed by atoms with Gasteiger partial charge in [0.25, 0.3) is 0 Å². The molecular formula is C10H10I2N2O3. The maximum absolute atomic E-state index is 11.4. The van der Waals surface area contributed by atoms with Gasteiger partial charge >= 0.3 is 5.97 Å². The lowest BCUT2D eigenvalue weighted by Gasteiger charge is -2.09. The molecule has 1 amide bonds. The Morgan fingerprint density at radius 2 is 1.88 bits per heavy atom. The summed E-state index contributed by atoms with van der Waals surface area (Å²) in [6, 6.07) is 3.52. The molecule has 0 aliphatic carbocycles. The average molecular weight is 460 g/mol. The number of benzene rings is 1. The number of carboxylic acid groups (broad SMARTS) is 1. The molecule has 1 aromatic carbocycles. The zero-order valence-corrected chi connectivity index (χ0v) is 13.0. The number of aliphatic carboxylic acids is 1. The Morgan fingerprint density at radius 1 is 1.24 bits per heavy atom. The molecule has 0 aliphatic rings. The van der Waals surface area contributed by atoms with E-state index in [4.69, 9.17) is 10.8 Å². The molecule has 1 aromatic rings. The number of halogens is 2. The number of anilines is 2. The Bertz CT molecular complexity index is 463. The van der Waals surface area contributed by atoms with Crippen LogP contribution in [0.25, 0.3) is 0 Å². The van der Waals surface area contributed by atoms with Crippen molar-refractivity contribution in [2.45, 2.75) is 12.8 Å². The van der Waals surface area contributed by atoms with Crippen molar-refractivity contribution in [3.63, 3.8) is 0 Å². The van der Waals surface area contributed by atoms with Gasteiger partial charge in [0.15, 0.2) is 0 Å². The summed E-state index contributed by atoms with van der Waals surface area (Å²) in [4.78, 5) is 21.8. The highest BCUT2D eigenvalue weighted by atomic mass is 127. The average Bonchev–Trinajstić information content (AvgIpc) is 2.23. The summed E-state index contributed by atoms with van der Waals surface area (Å²) < 4.78 is 1.78. The first-order valence-corrected chi connectivity index (χ1v) is 6.82. The Balaban J connectivity index is 2.71. The second-order valence-electron chi connectivity index (χ2n) is 3.30. The first-order chi connectivity index (χ1) is 7.90. The van der Waals surface area contributed by atoms with Gasteiger partial charge in [-0.25, -0.2) is 0 Å². The Hall–Kier alpha value is -0.580. The molecular weight excluding hydrogens is 450 g/mol. The van der Waals surface area contributed by atoms with Gasteiger partial charge in [0.1, 0.15) is 0 Å². The van der Waals surface area contributed by atoms with Crippen LogP contribution in [0.5, 0.6) is 0 Å². The van der Waals surface area contributed by atoms with Gasteiger partial charge < -0.3 is 16.2 Å². The highest BCUT2D eigenvalue weighted by Gasteiger charge is 2.09. The van der Waals surface area contributed by atoms with E-state index >= 15 is 0 Å². The topological polar surface area (TPSA) is 92.4 Å². The number of carboxylic acids is 1. The third-order valence-electron chi connectivity index (χ3n) is 1.93. The Labute approximate surface area is 125 Å². The zero-order chi connectivity index (χ0) is 13.0. The van der Waals surface area contributed by atoms with E-state index in [9.17, 15) is 9.59 Å². The second kappa shape index (κ2) is 6.38. The predicted molar refractivity (Wildman–Crippen MR) is 81.8 cm³/mol. The van der Waals surface area contributed by atoms with Crippen molar-refractivity contribution in [2.75, 3.05) is 11.1 Å². The summed E-state index contributed by atoms with van der Waals surface area (Å²) >= 11 is 4.19. The lowest BCUT2D eigenvalue weighted by Crippen LogP contribution is -2.14. The van der Waals surface area contributed by atoms with E-state index in [2.05, 4.69) is 50.5 Å². The lowest BCUT2D eigenvalue weighted by molar-refractivity contribution is -0.138. The highest BCUT2D eigenvalue weighted by molar-refractivity contribution is 14.1. The molecule has 5 nitrogen and oxygen atoms in total. The number of hydrogen-bond acceptors (Lipinski definition) is 3. The summed E-state index contributed by atoms with van der Waals surface area (Å²) in [6.45, 7) is 0. The number of rotatable bonds is 4. The number of nitrogens with two attached hydrogens (primary N) is 1. The van der Waals surface area contributed by atoms with Crippen LogP contribution in [0.4, 0.5) is 11.4 Å². The van der Waals surface area contributed by atoms with E-state index in [1.54, 1.807) is 6.07 Å². The number of amides is 1. The second-order valence-corrected chi connectivity index (χ2v) is 5.62. The zero-order valence-electron chi connectivity index (χ0n) is 8.67. The molecule has 0 spiro atoms. The minimum atomic E-state index is -0.989.